The first-order valence-corrected chi connectivity index (χ1v) is 10.4. The average Bonchev–Trinajstić information content (AvgIpc) is 2.81. The molecule has 3 aromatic carbocycles. The maximum atomic E-state index is 11.3. The van der Waals surface area contributed by atoms with E-state index in [1.807, 2.05) is 18.2 Å². The topological polar surface area (TPSA) is 49.8 Å². The first-order valence-electron chi connectivity index (χ1n) is 10.4. The van der Waals surface area contributed by atoms with Gasteiger partial charge in [0.25, 0.3) is 0 Å². The monoisotopic (exact) mass is 401 g/mol. The van der Waals surface area contributed by atoms with E-state index in [9.17, 15) is 9.90 Å². The average molecular weight is 402 g/mol. The van der Waals surface area contributed by atoms with Gasteiger partial charge in [-0.3, -0.25) is 0 Å². The Morgan fingerprint density at radius 2 is 1.40 bits per heavy atom. The first kappa shape index (κ1) is 20.0. The van der Waals surface area contributed by atoms with Gasteiger partial charge in [-0.05, 0) is 53.1 Å². The second-order valence-corrected chi connectivity index (χ2v) is 7.85. The molecule has 30 heavy (non-hydrogen) atoms. The third-order valence-electron chi connectivity index (χ3n) is 6.13. The zero-order valence-electron chi connectivity index (χ0n) is 17.2. The second kappa shape index (κ2) is 9.04. The highest BCUT2D eigenvalue weighted by molar-refractivity contribution is 5.65. The fraction of sp³-hybridized carbons (Fsp3) is 0.269. The van der Waals surface area contributed by atoms with E-state index in [2.05, 4.69) is 60.7 Å². The standard InChI is InChI=1S/C26H27NO3/c1-30-24-13-11-22(12-14-24)25(23-15-17-27(18-16-23)26(28)29)21-9-7-20(8-10-21)19-5-3-2-4-6-19/h2-14,23,25H,15-18H2,1H3,(H,28,29). The third-order valence-corrected chi connectivity index (χ3v) is 6.13. The predicted octanol–water partition coefficient (Wildman–Crippen LogP) is 5.88. The van der Waals surface area contributed by atoms with Crippen LogP contribution < -0.4 is 4.74 Å². The minimum atomic E-state index is -0.818. The zero-order valence-corrected chi connectivity index (χ0v) is 17.2. The molecule has 1 aliphatic heterocycles. The molecule has 0 aliphatic carbocycles. The van der Waals surface area contributed by atoms with E-state index < -0.39 is 6.09 Å². The van der Waals surface area contributed by atoms with E-state index in [1.54, 1.807) is 7.11 Å². The van der Waals surface area contributed by atoms with E-state index in [0.717, 1.165) is 18.6 Å². The molecule has 1 fully saturated rings. The molecule has 4 rings (SSSR count). The van der Waals surface area contributed by atoms with Crippen molar-refractivity contribution in [2.45, 2.75) is 18.8 Å². The van der Waals surface area contributed by atoms with Gasteiger partial charge < -0.3 is 14.7 Å². The minimum Gasteiger partial charge on any atom is -0.497 e. The Bertz CT molecular complexity index is 959. The van der Waals surface area contributed by atoms with Crippen molar-refractivity contribution in [3.05, 3.63) is 90.0 Å². The molecular formula is C26H27NO3. The van der Waals surface area contributed by atoms with Gasteiger partial charge in [-0.2, -0.15) is 0 Å². The number of hydrogen-bond acceptors (Lipinski definition) is 2. The molecule has 0 radical (unpaired) electrons. The Labute approximate surface area is 177 Å². The Hall–Kier alpha value is -3.27. The summed E-state index contributed by atoms with van der Waals surface area (Å²) in [6, 6.07) is 27.5. The van der Waals surface area contributed by atoms with E-state index in [-0.39, 0.29) is 5.92 Å². The number of benzene rings is 3. The number of rotatable bonds is 5. The van der Waals surface area contributed by atoms with Gasteiger partial charge in [-0.1, -0.05) is 66.7 Å². The molecule has 1 amide bonds. The lowest BCUT2D eigenvalue weighted by Gasteiger charge is -2.35. The summed E-state index contributed by atoms with van der Waals surface area (Å²) in [5, 5.41) is 9.31. The molecule has 0 spiro atoms. The number of methoxy groups -OCH3 is 1. The molecule has 154 valence electrons. The van der Waals surface area contributed by atoms with Crippen LogP contribution in [0, 0.1) is 5.92 Å². The number of carbonyl (C=O) groups is 1. The number of carboxylic acid groups (broad SMARTS) is 1. The quantitative estimate of drug-likeness (QED) is 0.580. The summed E-state index contributed by atoms with van der Waals surface area (Å²) in [5.74, 6) is 1.48. The van der Waals surface area contributed by atoms with Crippen LogP contribution in [0.5, 0.6) is 5.75 Å². The Morgan fingerprint density at radius 3 is 1.93 bits per heavy atom. The van der Waals surface area contributed by atoms with Crippen LogP contribution in [0.1, 0.15) is 29.9 Å². The molecule has 4 nitrogen and oxygen atoms in total. The van der Waals surface area contributed by atoms with Gasteiger partial charge in [0.15, 0.2) is 0 Å². The number of nitrogens with zero attached hydrogens (tertiary/aromatic N) is 1. The zero-order chi connectivity index (χ0) is 20.9. The van der Waals surface area contributed by atoms with Crippen LogP contribution in [0.4, 0.5) is 4.79 Å². The van der Waals surface area contributed by atoms with Crippen LogP contribution in [-0.4, -0.2) is 36.3 Å². The van der Waals surface area contributed by atoms with Crippen LogP contribution in [0.25, 0.3) is 11.1 Å². The third kappa shape index (κ3) is 4.33. The van der Waals surface area contributed by atoms with E-state index in [4.69, 9.17) is 4.74 Å². The largest absolute Gasteiger partial charge is 0.497 e. The van der Waals surface area contributed by atoms with Crippen LogP contribution in [0.2, 0.25) is 0 Å². The maximum Gasteiger partial charge on any atom is 0.407 e. The molecule has 1 N–H and O–H groups in total. The molecule has 0 bridgehead atoms. The van der Waals surface area contributed by atoms with Crippen LogP contribution in [-0.2, 0) is 0 Å². The van der Waals surface area contributed by atoms with Crippen molar-refractivity contribution in [1.82, 2.24) is 4.90 Å². The first-order chi connectivity index (χ1) is 14.7. The number of likely N-dealkylation sites (tertiary alicyclic amines) is 1. The Balaban J connectivity index is 1.64. The molecule has 4 heteroatoms. The van der Waals surface area contributed by atoms with Crippen molar-refractivity contribution < 1.29 is 14.6 Å². The minimum absolute atomic E-state index is 0.233. The van der Waals surface area contributed by atoms with Gasteiger partial charge in [-0.15, -0.1) is 0 Å². The fourth-order valence-corrected chi connectivity index (χ4v) is 4.49. The van der Waals surface area contributed by atoms with Crippen molar-refractivity contribution in [3.8, 4) is 16.9 Å². The molecule has 1 saturated heterocycles. The van der Waals surface area contributed by atoms with Crippen LogP contribution >= 0.6 is 0 Å². The molecule has 0 saturated carbocycles. The summed E-state index contributed by atoms with van der Waals surface area (Å²) in [6.45, 7) is 1.18. The fourth-order valence-electron chi connectivity index (χ4n) is 4.49. The lowest BCUT2D eigenvalue weighted by Crippen LogP contribution is -2.39. The summed E-state index contributed by atoms with van der Waals surface area (Å²) in [5.41, 5.74) is 4.93. The van der Waals surface area contributed by atoms with E-state index in [0.29, 0.717) is 19.0 Å². The van der Waals surface area contributed by atoms with Gasteiger partial charge in [0, 0.05) is 19.0 Å². The van der Waals surface area contributed by atoms with Crippen molar-refractivity contribution >= 4 is 6.09 Å². The van der Waals surface area contributed by atoms with Crippen molar-refractivity contribution in [1.29, 1.82) is 0 Å². The lowest BCUT2D eigenvalue weighted by molar-refractivity contribution is 0.122. The summed E-state index contributed by atoms with van der Waals surface area (Å²) in [6.07, 6.45) is 0.911. The highest BCUT2D eigenvalue weighted by Gasteiger charge is 2.30. The van der Waals surface area contributed by atoms with Gasteiger partial charge in [-0.25, -0.2) is 4.79 Å². The Kier molecular flexibility index (Phi) is 6.03. The summed E-state index contributed by atoms with van der Waals surface area (Å²) >= 11 is 0. The smallest absolute Gasteiger partial charge is 0.407 e. The molecule has 1 aliphatic rings. The normalized spacial score (nSPS) is 15.6. The van der Waals surface area contributed by atoms with Crippen LogP contribution in [0.3, 0.4) is 0 Å². The van der Waals surface area contributed by atoms with Gasteiger partial charge in [0.1, 0.15) is 5.75 Å². The number of ether oxygens (including phenoxy) is 1. The predicted molar refractivity (Wildman–Crippen MR) is 119 cm³/mol. The number of hydrogen-bond donors (Lipinski definition) is 1. The molecule has 1 heterocycles. The second-order valence-electron chi connectivity index (χ2n) is 7.85. The van der Waals surface area contributed by atoms with E-state index in [1.165, 1.54) is 27.2 Å². The highest BCUT2D eigenvalue weighted by Crippen LogP contribution is 2.39. The summed E-state index contributed by atoms with van der Waals surface area (Å²) < 4.78 is 5.33. The van der Waals surface area contributed by atoms with Gasteiger partial charge >= 0.3 is 6.09 Å². The summed E-state index contributed by atoms with van der Waals surface area (Å²) in [4.78, 5) is 12.9. The maximum absolute atomic E-state index is 11.3. The molecule has 0 aromatic heterocycles. The lowest BCUT2D eigenvalue weighted by atomic mass is 9.76. The molecule has 3 aromatic rings. The highest BCUT2D eigenvalue weighted by atomic mass is 16.5. The molecule has 1 unspecified atom stereocenters. The van der Waals surface area contributed by atoms with Crippen molar-refractivity contribution in [2.24, 2.45) is 5.92 Å². The van der Waals surface area contributed by atoms with Crippen LogP contribution in [0.15, 0.2) is 78.9 Å². The van der Waals surface area contributed by atoms with Crippen molar-refractivity contribution in [3.63, 3.8) is 0 Å². The van der Waals surface area contributed by atoms with Crippen molar-refractivity contribution in [2.75, 3.05) is 20.2 Å². The molecule has 1 atom stereocenters. The number of piperidine rings is 1. The van der Waals surface area contributed by atoms with Gasteiger partial charge in [0.2, 0.25) is 0 Å². The van der Waals surface area contributed by atoms with E-state index >= 15 is 0 Å². The number of amides is 1. The summed E-state index contributed by atoms with van der Waals surface area (Å²) in [7, 11) is 1.68. The SMILES string of the molecule is COc1ccc(C(c2ccc(-c3ccccc3)cc2)C2CCN(C(=O)O)CC2)cc1. The van der Waals surface area contributed by atoms with Gasteiger partial charge in [0.05, 0.1) is 7.11 Å². The molecular weight excluding hydrogens is 374 g/mol. The Morgan fingerprint density at radius 1 is 0.867 bits per heavy atom.